The second-order valence-electron chi connectivity index (χ2n) is 6.42. The summed E-state index contributed by atoms with van der Waals surface area (Å²) in [5, 5.41) is 6.21. The second-order valence-corrected chi connectivity index (χ2v) is 6.42. The number of amides is 1. The molecule has 1 rings (SSSR count). The Hall–Kier alpha value is -0.770. The van der Waals surface area contributed by atoms with Crippen LogP contribution in [0.25, 0.3) is 0 Å². The number of ether oxygens (including phenoxy) is 1. The first-order valence-corrected chi connectivity index (χ1v) is 6.29. The van der Waals surface area contributed by atoms with Crippen LogP contribution >= 0.6 is 0 Å². The first-order valence-electron chi connectivity index (χ1n) is 6.29. The first-order chi connectivity index (χ1) is 7.80. The Morgan fingerprint density at radius 1 is 1.35 bits per heavy atom. The number of hydrogen-bond donors (Lipinski definition) is 2. The van der Waals surface area contributed by atoms with Gasteiger partial charge in [0.05, 0.1) is 7.11 Å². The van der Waals surface area contributed by atoms with Crippen molar-refractivity contribution in [2.24, 2.45) is 10.8 Å². The third-order valence-corrected chi connectivity index (χ3v) is 3.55. The molecule has 1 amide bonds. The van der Waals surface area contributed by atoms with Gasteiger partial charge in [-0.15, -0.1) is 0 Å². The minimum Gasteiger partial charge on any atom is -0.453 e. The van der Waals surface area contributed by atoms with Crippen LogP contribution < -0.4 is 10.6 Å². The molecule has 0 saturated heterocycles. The minimum absolute atomic E-state index is 0.213. The summed E-state index contributed by atoms with van der Waals surface area (Å²) in [6.45, 7) is 7.81. The normalized spacial score (nSPS) is 31.9. The monoisotopic (exact) mass is 242 g/mol. The van der Waals surface area contributed by atoms with E-state index in [1.807, 2.05) is 7.05 Å². The van der Waals surface area contributed by atoms with Gasteiger partial charge in [0.1, 0.15) is 0 Å². The van der Waals surface area contributed by atoms with E-state index in [4.69, 9.17) is 0 Å². The van der Waals surface area contributed by atoms with Crippen molar-refractivity contribution in [3.8, 4) is 0 Å². The van der Waals surface area contributed by atoms with Gasteiger partial charge < -0.3 is 15.4 Å². The molecule has 1 aliphatic carbocycles. The van der Waals surface area contributed by atoms with Crippen LogP contribution in [0, 0.1) is 10.8 Å². The molecule has 0 heterocycles. The fourth-order valence-corrected chi connectivity index (χ4v) is 3.52. The van der Waals surface area contributed by atoms with Crippen LogP contribution in [0.1, 0.15) is 40.0 Å². The zero-order chi connectivity index (χ0) is 13.1. The van der Waals surface area contributed by atoms with E-state index < -0.39 is 0 Å². The minimum atomic E-state index is -0.320. The van der Waals surface area contributed by atoms with Crippen LogP contribution in [0.15, 0.2) is 0 Å². The Balaban J connectivity index is 2.70. The van der Waals surface area contributed by atoms with E-state index in [-0.39, 0.29) is 23.0 Å². The maximum absolute atomic E-state index is 11.3. The molecule has 2 unspecified atom stereocenters. The largest absolute Gasteiger partial charge is 0.453 e. The van der Waals surface area contributed by atoms with Crippen molar-refractivity contribution in [1.82, 2.24) is 10.6 Å². The molecule has 0 aromatic heterocycles. The lowest BCUT2D eigenvalue weighted by Gasteiger charge is -2.46. The molecule has 0 aliphatic heterocycles. The third kappa shape index (κ3) is 4.19. The van der Waals surface area contributed by atoms with Crippen LogP contribution in [0.5, 0.6) is 0 Å². The molecule has 17 heavy (non-hydrogen) atoms. The molecule has 1 fully saturated rings. The van der Waals surface area contributed by atoms with E-state index >= 15 is 0 Å². The van der Waals surface area contributed by atoms with E-state index in [1.165, 1.54) is 13.5 Å². The van der Waals surface area contributed by atoms with E-state index in [1.54, 1.807) is 0 Å². The van der Waals surface area contributed by atoms with Crippen LogP contribution in [0.3, 0.4) is 0 Å². The Morgan fingerprint density at radius 2 is 2.00 bits per heavy atom. The van der Waals surface area contributed by atoms with Crippen molar-refractivity contribution in [1.29, 1.82) is 0 Å². The van der Waals surface area contributed by atoms with Crippen molar-refractivity contribution in [2.45, 2.75) is 46.1 Å². The molecule has 0 bridgehead atoms. The predicted octanol–water partition coefficient (Wildman–Crippen LogP) is 2.15. The first kappa shape index (κ1) is 14.3. The summed E-state index contributed by atoms with van der Waals surface area (Å²) >= 11 is 0. The Morgan fingerprint density at radius 3 is 2.53 bits per heavy atom. The van der Waals surface area contributed by atoms with Crippen LogP contribution in [-0.4, -0.2) is 32.8 Å². The molecule has 0 aromatic rings. The average Bonchev–Trinajstić information content (AvgIpc) is 2.13. The number of methoxy groups -OCH3 is 1. The molecule has 4 nitrogen and oxygen atoms in total. The molecule has 2 N–H and O–H groups in total. The number of alkyl carbamates (subject to hydrolysis) is 1. The molecule has 1 aliphatic rings. The average molecular weight is 242 g/mol. The lowest BCUT2D eigenvalue weighted by atomic mass is 9.62. The molecular weight excluding hydrogens is 216 g/mol. The van der Waals surface area contributed by atoms with E-state index in [9.17, 15) is 4.79 Å². The van der Waals surface area contributed by atoms with Gasteiger partial charge in [-0.2, -0.15) is 0 Å². The number of hydrogen-bond acceptors (Lipinski definition) is 3. The molecule has 100 valence electrons. The molecule has 0 spiro atoms. The van der Waals surface area contributed by atoms with Gasteiger partial charge in [0.2, 0.25) is 0 Å². The van der Waals surface area contributed by atoms with Crippen molar-refractivity contribution in [3.63, 3.8) is 0 Å². The second kappa shape index (κ2) is 5.25. The smallest absolute Gasteiger partial charge is 0.407 e. The summed E-state index contributed by atoms with van der Waals surface area (Å²) < 4.78 is 4.68. The highest BCUT2D eigenvalue weighted by atomic mass is 16.5. The van der Waals surface area contributed by atoms with Gasteiger partial charge in [0.15, 0.2) is 0 Å². The zero-order valence-electron chi connectivity index (χ0n) is 11.7. The fraction of sp³-hybridized carbons (Fsp3) is 0.923. The summed E-state index contributed by atoms with van der Waals surface area (Å²) in [6.07, 6.45) is 2.88. The maximum atomic E-state index is 11.3. The molecular formula is C13H26N2O2. The molecule has 4 heteroatoms. The van der Waals surface area contributed by atoms with E-state index in [2.05, 4.69) is 36.1 Å². The standard InChI is InChI=1S/C13H26N2O2/c1-12(2)6-10(15-11(16)17-5)7-13(3,8-12)9-14-4/h10,14H,6-9H2,1-5H3,(H,15,16). The fourth-order valence-electron chi connectivity index (χ4n) is 3.52. The van der Waals surface area contributed by atoms with Crippen molar-refractivity contribution in [2.75, 3.05) is 20.7 Å². The Labute approximate surface area is 104 Å². The number of carbonyl (C=O) groups excluding carboxylic acids is 1. The van der Waals surface area contributed by atoms with Gasteiger partial charge in [-0.25, -0.2) is 4.79 Å². The van der Waals surface area contributed by atoms with Gasteiger partial charge in [-0.3, -0.25) is 0 Å². The van der Waals surface area contributed by atoms with Crippen molar-refractivity contribution >= 4 is 6.09 Å². The molecule has 2 atom stereocenters. The Bertz CT molecular complexity index is 279. The molecule has 1 saturated carbocycles. The van der Waals surface area contributed by atoms with Crippen LogP contribution in [0.2, 0.25) is 0 Å². The quantitative estimate of drug-likeness (QED) is 0.797. The summed E-state index contributed by atoms with van der Waals surface area (Å²) in [5.41, 5.74) is 0.498. The Kier molecular flexibility index (Phi) is 4.42. The van der Waals surface area contributed by atoms with E-state index in [0.717, 1.165) is 19.4 Å². The lowest BCUT2D eigenvalue weighted by Crippen LogP contribution is -2.49. The highest BCUT2D eigenvalue weighted by Gasteiger charge is 2.41. The van der Waals surface area contributed by atoms with Gasteiger partial charge in [-0.1, -0.05) is 20.8 Å². The highest BCUT2D eigenvalue weighted by Crippen LogP contribution is 2.45. The number of rotatable bonds is 3. The predicted molar refractivity (Wildman–Crippen MR) is 69.0 cm³/mol. The van der Waals surface area contributed by atoms with E-state index in [0.29, 0.717) is 0 Å². The highest BCUT2D eigenvalue weighted by molar-refractivity contribution is 5.67. The summed E-state index contributed by atoms with van der Waals surface area (Å²) in [7, 11) is 3.39. The maximum Gasteiger partial charge on any atom is 0.407 e. The third-order valence-electron chi connectivity index (χ3n) is 3.55. The molecule has 0 radical (unpaired) electrons. The number of nitrogens with one attached hydrogen (secondary N) is 2. The topological polar surface area (TPSA) is 50.4 Å². The van der Waals surface area contributed by atoms with Gasteiger partial charge >= 0.3 is 6.09 Å². The van der Waals surface area contributed by atoms with Gasteiger partial charge in [0, 0.05) is 12.6 Å². The summed E-state index contributed by atoms with van der Waals surface area (Å²) in [6, 6.07) is 0.213. The van der Waals surface area contributed by atoms with Gasteiger partial charge in [0.25, 0.3) is 0 Å². The molecule has 0 aromatic carbocycles. The van der Waals surface area contributed by atoms with Gasteiger partial charge in [-0.05, 0) is 37.1 Å². The SMILES string of the molecule is CNCC1(C)CC(NC(=O)OC)CC(C)(C)C1. The van der Waals surface area contributed by atoms with Crippen molar-refractivity contribution in [3.05, 3.63) is 0 Å². The van der Waals surface area contributed by atoms with Crippen LogP contribution in [0.4, 0.5) is 4.79 Å². The summed E-state index contributed by atoms with van der Waals surface area (Å²) in [5.74, 6) is 0. The van der Waals surface area contributed by atoms with Crippen molar-refractivity contribution < 1.29 is 9.53 Å². The zero-order valence-corrected chi connectivity index (χ0v) is 11.7. The summed E-state index contributed by atoms with van der Waals surface area (Å²) in [4.78, 5) is 11.3. The van der Waals surface area contributed by atoms with Crippen LogP contribution in [-0.2, 0) is 4.74 Å². The lowest BCUT2D eigenvalue weighted by molar-refractivity contribution is 0.0692. The number of carbonyl (C=O) groups is 1.